The molecule has 6 nitrogen and oxygen atoms in total. The van der Waals surface area contributed by atoms with Gasteiger partial charge in [-0.05, 0) is 25.0 Å². The summed E-state index contributed by atoms with van der Waals surface area (Å²) in [6, 6.07) is 4.75. The number of nitro benzene ring substituents is 1. The number of nitrogens with zero attached hydrogens (tertiary/aromatic N) is 2. The van der Waals surface area contributed by atoms with Crippen LogP contribution in [0, 0.1) is 10.1 Å². The predicted octanol–water partition coefficient (Wildman–Crippen LogP) is 2.46. The van der Waals surface area contributed by atoms with E-state index in [2.05, 4.69) is 0 Å². The average Bonchev–Trinajstić information content (AvgIpc) is 2.46. The van der Waals surface area contributed by atoms with Gasteiger partial charge in [0.25, 0.3) is 5.69 Å². The van der Waals surface area contributed by atoms with Crippen LogP contribution >= 0.6 is 0 Å². The van der Waals surface area contributed by atoms with Gasteiger partial charge < -0.3 is 10.6 Å². The Morgan fingerprint density at radius 2 is 2.00 bits per heavy atom. The monoisotopic (exact) mass is 277 g/mol. The van der Waals surface area contributed by atoms with Gasteiger partial charge in [-0.25, -0.2) is 0 Å². The number of benzene rings is 1. The number of hydrogen-bond acceptors (Lipinski definition) is 4. The van der Waals surface area contributed by atoms with Gasteiger partial charge in [0.2, 0.25) is 5.91 Å². The molecule has 0 unspecified atom stereocenters. The van der Waals surface area contributed by atoms with E-state index in [9.17, 15) is 14.9 Å². The van der Waals surface area contributed by atoms with Crippen LogP contribution in [0.5, 0.6) is 0 Å². The normalized spacial score (nSPS) is 15.8. The third-order valence-electron chi connectivity index (χ3n) is 3.96. The maximum atomic E-state index is 11.2. The van der Waals surface area contributed by atoms with Crippen LogP contribution in [0.4, 0.5) is 11.4 Å². The molecule has 1 aliphatic carbocycles. The van der Waals surface area contributed by atoms with Crippen LogP contribution in [0.2, 0.25) is 0 Å². The van der Waals surface area contributed by atoms with Crippen LogP contribution in [-0.4, -0.2) is 23.9 Å². The summed E-state index contributed by atoms with van der Waals surface area (Å²) in [7, 11) is 1.88. The molecule has 1 fully saturated rings. The molecular formula is C14H19N3O3. The van der Waals surface area contributed by atoms with Crippen molar-refractivity contribution < 1.29 is 9.72 Å². The molecule has 2 N–H and O–H groups in total. The standard InChI is InChI=1S/C14H19N3O3/c1-16(11-5-3-2-4-6-11)12-8-7-10(14(15)18)9-13(12)17(19)20/h7-9,11H,2-6H2,1H3,(H2,15,18). The fourth-order valence-electron chi connectivity index (χ4n) is 2.79. The minimum Gasteiger partial charge on any atom is -0.366 e. The number of carbonyl (C=O) groups excluding carboxylic acids is 1. The molecule has 0 atom stereocenters. The fourth-order valence-corrected chi connectivity index (χ4v) is 2.79. The van der Waals surface area contributed by atoms with Crippen molar-refractivity contribution in [3.05, 3.63) is 33.9 Å². The van der Waals surface area contributed by atoms with Gasteiger partial charge in [0, 0.05) is 24.7 Å². The Hall–Kier alpha value is -2.11. The van der Waals surface area contributed by atoms with E-state index >= 15 is 0 Å². The second-order valence-corrected chi connectivity index (χ2v) is 5.23. The van der Waals surface area contributed by atoms with Crippen LogP contribution < -0.4 is 10.6 Å². The lowest BCUT2D eigenvalue weighted by molar-refractivity contribution is -0.384. The van der Waals surface area contributed by atoms with Gasteiger partial charge in [-0.2, -0.15) is 0 Å². The predicted molar refractivity (Wildman–Crippen MR) is 76.9 cm³/mol. The topological polar surface area (TPSA) is 89.5 Å². The zero-order chi connectivity index (χ0) is 14.7. The molecule has 6 heteroatoms. The Bertz CT molecular complexity index is 524. The SMILES string of the molecule is CN(c1ccc(C(N)=O)cc1[N+](=O)[O-])C1CCCCC1. The van der Waals surface area contributed by atoms with Crippen LogP contribution in [0.3, 0.4) is 0 Å². The molecule has 2 rings (SSSR count). The van der Waals surface area contributed by atoms with Crippen molar-refractivity contribution in [2.24, 2.45) is 5.73 Å². The number of anilines is 1. The van der Waals surface area contributed by atoms with E-state index in [4.69, 9.17) is 5.73 Å². The summed E-state index contributed by atoms with van der Waals surface area (Å²) in [5.41, 5.74) is 5.83. The maximum absolute atomic E-state index is 11.2. The molecule has 0 bridgehead atoms. The number of rotatable bonds is 4. The molecule has 1 aromatic rings. The zero-order valence-corrected chi connectivity index (χ0v) is 11.5. The van der Waals surface area contributed by atoms with E-state index in [1.807, 2.05) is 11.9 Å². The lowest BCUT2D eigenvalue weighted by Crippen LogP contribution is -2.33. The van der Waals surface area contributed by atoms with Crippen molar-refractivity contribution >= 4 is 17.3 Å². The Balaban J connectivity index is 2.34. The Labute approximate surface area is 117 Å². The summed E-state index contributed by atoms with van der Waals surface area (Å²) in [4.78, 5) is 23.9. The maximum Gasteiger partial charge on any atom is 0.293 e. The van der Waals surface area contributed by atoms with E-state index in [1.165, 1.54) is 12.5 Å². The molecule has 20 heavy (non-hydrogen) atoms. The van der Waals surface area contributed by atoms with E-state index in [1.54, 1.807) is 12.1 Å². The molecule has 1 aromatic carbocycles. The van der Waals surface area contributed by atoms with Crippen LogP contribution in [0.15, 0.2) is 18.2 Å². The molecule has 108 valence electrons. The van der Waals surface area contributed by atoms with Crippen molar-refractivity contribution in [2.75, 3.05) is 11.9 Å². The third kappa shape index (κ3) is 2.89. The molecular weight excluding hydrogens is 258 g/mol. The number of primary amides is 1. The molecule has 1 aliphatic rings. The third-order valence-corrected chi connectivity index (χ3v) is 3.96. The first-order valence-electron chi connectivity index (χ1n) is 6.82. The molecule has 1 amide bonds. The van der Waals surface area contributed by atoms with Crippen molar-refractivity contribution in [1.29, 1.82) is 0 Å². The quantitative estimate of drug-likeness (QED) is 0.676. The number of nitrogens with two attached hydrogens (primary N) is 1. The van der Waals surface area contributed by atoms with E-state index in [0.717, 1.165) is 25.7 Å². The first-order chi connectivity index (χ1) is 9.50. The molecule has 0 spiro atoms. The number of hydrogen-bond donors (Lipinski definition) is 1. The Morgan fingerprint density at radius 3 is 2.55 bits per heavy atom. The highest BCUT2D eigenvalue weighted by molar-refractivity contribution is 5.94. The van der Waals surface area contributed by atoms with Gasteiger partial charge in [0.1, 0.15) is 5.69 Å². The summed E-state index contributed by atoms with van der Waals surface area (Å²) >= 11 is 0. The van der Waals surface area contributed by atoms with Crippen LogP contribution in [-0.2, 0) is 0 Å². The summed E-state index contributed by atoms with van der Waals surface area (Å²) in [5.74, 6) is -0.653. The average molecular weight is 277 g/mol. The highest BCUT2D eigenvalue weighted by Crippen LogP contribution is 2.33. The van der Waals surface area contributed by atoms with Crippen molar-refractivity contribution in [1.82, 2.24) is 0 Å². The minimum atomic E-state index is -0.653. The molecule has 0 saturated heterocycles. The van der Waals surface area contributed by atoms with Gasteiger partial charge >= 0.3 is 0 Å². The van der Waals surface area contributed by atoms with Crippen molar-refractivity contribution in [3.63, 3.8) is 0 Å². The van der Waals surface area contributed by atoms with Gasteiger partial charge in [-0.1, -0.05) is 19.3 Å². The first kappa shape index (κ1) is 14.3. The minimum absolute atomic E-state index is 0.0608. The second kappa shape index (κ2) is 5.90. The summed E-state index contributed by atoms with van der Waals surface area (Å²) < 4.78 is 0. The van der Waals surface area contributed by atoms with Gasteiger partial charge in [0.15, 0.2) is 0 Å². The molecule has 0 heterocycles. The van der Waals surface area contributed by atoms with Crippen molar-refractivity contribution in [2.45, 2.75) is 38.1 Å². The second-order valence-electron chi connectivity index (χ2n) is 5.23. The lowest BCUT2D eigenvalue weighted by Gasteiger charge is -2.32. The summed E-state index contributed by atoms with van der Waals surface area (Å²) in [6.45, 7) is 0. The van der Waals surface area contributed by atoms with Crippen LogP contribution in [0.1, 0.15) is 42.5 Å². The first-order valence-corrected chi connectivity index (χ1v) is 6.82. The molecule has 0 radical (unpaired) electrons. The summed E-state index contributed by atoms with van der Waals surface area (Å²) in [5, 5.41) is 11.2. The highest BCUT2D eigenvalue weighted by atomic mass is 16.6. The lowest BCUT2D eigenvalue weighted by atomic mass is 9.94. The smallest absolute Gasteiger partial charge is 0.293 e. The molecule has 0 aromatic heterocycles. The van der Waals surface area contributed by atoms with E-state index in [0.29, 0.717) is 11.7 Å². The summed E-state index contributed by atoms with van der Waals surface area (Å²) in [6.07, 6.45) is 5.63. The van der Waals surface area contributed by atoms with Gasteiger partial charge in [-0.3, -0.25) is 14.9 Å². The van der Waals surface area contributed by atoms with Crippen LogP contribution in [0.25, 0.3) is 0 Å². The van der Waals surface area contributed by atoms with Gasteiger partial charge in [-0.15, -0.1) is 0 Å². The largest absolute Gasteiger partial charge is 0.366 e. The van der Waals surface area contributed by atoms with E-state index < -0.39 is 10.8 Å². The molecule has 0 aliphatic heterocycles. The number of amides is 1. The van der Waals surface area contributed by atoms with Crippen molar-refractivity contribution in [3.8, 4) is 0 Å². The van der Waals surface area contributed by atoms with E-state index in [-0.39, 0.29) is 11.3 Å². The highest BCUT2D eigenvalue weighted by Gasteiger charge is 2.25. The number of nitro groups is 1. The fraction of sp³-hybridized carbons (Fsp3) is 0.500. The van der Waals surface area contributed by atoms with Gasteiger partial charge in [0.05, 0.1) is 4.92 Å². The Morgan fingerprint density at radius 1 is 1.35 bits per heavy atom. The molecule has 1 saturated carbocycles. The Kier molecular flexibility index (Phi) is 4.22. The number of carbonyl (C=O) groups is 1. The zero-order valence-electron chi connectivity index (χ0n) is 11.5.